The van der Waals surface area contributed by atoms with Crippen LogP contribution in [-0.4, -0.2) is 18.6 Å². The zero-order valence-corrected chi connectivity index (χ0v) is 9.08. The number of allylic oxidation sites excluding steroid dienone is 1. The van der Waals surface area contributed by atoms with Crippen LogP contribution >= 0.6 is 0 Å². The molecule has 0 bridgehead atoms. The molecular weight excluding hydrogens is 198 g/mol. The van der Waals surface area contributed by atoms with Gasteiger partial charge in [0, 0.05) is 18.0 Å². The van der Waals surface area contributed by atoms with E-state index in [0.29, 0.717) is 0 Å². The van der Waals surface area contributed by atoms with Gasteiger partial charge in [-0.3, -0.25) is 3.97 Å². The molecule has 0 saturated heterocycles. The van der Waals surface area contributed by atoms with Crippen molar-refractivity contribution in [3.63, 3.8) is 0 Å². The zero-order valence-electron chi connectivity index (χ0n) is 8.27. The van der Waals surface area contributed by atoms with E-state index in [1.807, 2.05) is 19.1 Å². The standard InChI is InChI=1S/C10H13NO2S/c1-4-6-10-8-11(14(3,12)13)7-9(10)5-2/h4-8H,2H2,1,3H3/b6-4-. The highest BCUT2D eigenvalue weighted by atomic mass is 32.2. The van der Waals surface area contributed by atoms with Crippen molar-refractivity contribution < 1.29 is 8.42 Å². The van der Waals surface area contributed by atoms with Crippen LogP contribution in [0.3, 0.4) is 0 Å². The van der Waals surface area contributed by atoms with Crippen LogP contribution in [0.15, 0.2) is 25.0 Å². The minimum Gasteiger partial charge on any atom is -0.252 e. The lowest BCUT2D eigenvalue weighted by molar-refractivity contribution is 0.593. The van der Waals surface area contributed by atoms with E-state index >= 15 is 0 Å². The molecule has 0 fully saturated rings. The summed E-state index contributed by atoms with van der Waals surface area (Å²) in [5.74, 6) is 0. The largest absolute Gasteiger partial charge is 0.252 e. The van der Waals surface area contributed by atoms with Crippen molar-refractivity contribution in [2.45, 2.75) is 6.92 Å². The predicted molar refractivity (Wildman–Crippen MR) is 59.5 cm³/mol. The Balaban J connectivity index is 3.34. The SMILES string of the molecule is C=Cc1cn(S(C)(=O)=O)cc1/C=C\C. The Hall–Kier alpha value is -1.29. The minimum atomic E-state index is -3.20. The predicted octanol–water partition coefficient (Wildman–Crippen LogP) is 1.97. The lowest BCUT2D eigenvalue weighted by Gasteiger charge is -1.95. The smallest absolute Gasteiger partial charge is 0.235 e. The highest BCUT2D eigenvalue weighted by molar-refractivity contribution is 7.89. The molecule has 0 unspecified atom stereocenters. The highest BCUT2D eigenvalue weighted by Crippen LogP contribution is 2.15. The summed E-state index contributed by atoms with van der Waals surface area (Å²) in [4.78, 5) is 0. The number of aromatic nitrogens is 1. The van der Waals surface area contributed by atoms with Gasteiger partial charge in [0.25, 0.3) is 0 Å². The summed E-state index contributed by atoms with van der Waals surface area (Å²) in [6, 6.07) is 0. The van der Waals surface area contributed by atoms with E-state index in [-0.39, 0.29) is 0 Å². The van der Waals surface area contributed by atoms with Gasteiger partial charge in [-0.2, -0.15) is 0 Å². The molecular formula is C10H13NO2S. The lowest BCUT2D eigenvalue weighted by Crippen LogP contribution is -2.06. The first-order chi connectivity index (χ1) is 6.49. The van der Waals surface area contributed by atoms with Crippen molar-refractivity contribution in [1.82, 2.24) is 3.97 Å². The molecule has 1 heterocycles. The first-order valence-electron chi connectivity index (χ1n) is 4.16. The lowest BCUT2D eigenvalue weighted by atomic mass is 10.2. The molecule has 0 radical (unpaired) electrons. The summed E-state index contributed by atoms with van der Waals surface area (Å²) in [5, 5.41) is 0. The maximum Gasteiger partial charge on any atom is 0.235 e. The Morgan fingerprint density at radius 2 is 1.93 bits per heavy atom. The normalized spacial score (nSPS) is 12.1. The molecule has 0 atom stereocenters. The van der Waals surface area contributed by atoms with E-state index in [9.17, 15) is 8.42 Å². The van der Waals surface area contributed by atoms with Gasteiger partial charge in [-0.25, -0.2) is 8.42 Å². The molecule has 3 nitrogen and oxygen atoms in total. The topological polar surface area (TPSA) is 39.1 Å². The van der Waals surface area contributed by atoms with E-state index in [2.05, 4.69) is 6.58 Å². The van der Waals surface area contributed by atoms with Gasteiger partial charge in [0.1, 0.15) is 0 Å². The summed E-state index contributed by atoms with van der Waals surface area (Å²) in [5.41, 5.74) is 1.67. The fourth-order valence-corrected chi connectivity index (χ4v) is 1.75. The van der Waals surface area contributed by atoms with Crippen molar-refractivity contribution in [2.75, 3.05) is 6.26 Å². The molecule has 1 aromatic rings. The van der Waals surface area contributed by atoms with E-state index in [4.69, 9.17) is 0 Å². The molecule has 0 aliphatic heterocycles. The first kappa shape index (κ1) is 10.8. The Morgan fingerprint density at radius 1 is 1.36 bits per heavy atom. The quantitative estimate of drug-likeness (QED) is 0.766. The molecule has 0 aliphatic carbocycles. The van der Waals surface area contributed by atoms with Gasteiger partial charge in [0.05, 0.1) is 6.26 Å². The van der Waals surface area contributed by atoms with Crippen molar-refractivity contribution in [1.29, 1.82) is 0 Å². The summed E-state index contributed by atoms with van der Waals surface area (Å²) in [6.45, 7) is 5.51. The fourth-order valence-electron chi connectivity index (χ4n) is 1.14. The van der Waals surface area contributed by atoms with Crippen LogP contribution in [0.4, 0.5) is 0 Å². The van der Waals surface area contributed by atoms with Gasteiger partial charge in [0.2, 0.25) is 10.0 Å². The van der Waals surface area contributed by atoms with Crippen LogP contribution in [-0.2, 0) is 10.0 Å². The molecule has 1 rings (SSSR count). The molecule has 0 aliphatic rings. The van der Waals surface area contributed by atoms with E-state index in [1.54, 1.807) is 18.5 Å². The second-order valence-corrected chi connectivity index (χ2v) is 4.85. The molecule has 4 heteroatoms. The Morgan fingerprint density at radius 3 is 2.36 bits per heavy atom. The number of nitrogens with zero attached hydrogens (tertiary/aromatic N) is 1. The average Bonchev–Trinajstić information content (AvgIpc) is 2.47. The maximum absolute atomic E-state index is 11.2. The molecule has 76 valence electrons. The first-order valence-corrected chi connectivity index (χ1v) is 6.01. The average molecular weight is 211 g/mol. The van der Waals surface area contributed by atoms with Crippen LogP contribution < -0.4 is 0 Å². The van der Waals surface area contributed by atoms with Gasteiger partial charge in [-0.1, -0.05) is 24.8 Å². The molecule has 0 amide bonds. The summed E-state index contributed by atoms with van der Waals surface area (Å²) >= 11 is 0. The molecule has 14 heavy (non-hydrogen) atoms. The van der Waals surface area contributed by atoms with Crippen molar-refractivity contribution >= 4 is 22.2 Å². The van der Waals surface area contributed by atoms with Crippen molar-refractivity contribution in [2.24, 2.45) is 0 Å². The van der Waals surface area contributed by atoms with Crippen LogP contribution in [0, 0.1) is 0 Å². The monoisotopic (exact) mass is 211 g/mol. The summed E-state index contributed by atoms with van der Waals surface area (Å²) < 4.78 is 23.6. The second kappa shape index (κ2) is 3.84. The Labute approximate surface area is 84.4 Å². The highest BCUT2D eigenvalue weighted by Gasteiger charge is 2.08. The third kappa shape index (κ3) is 2.14. The molecule has 1 aromatic heterocycles. The van der Waals surface area contributed by atoms with Gasteiger partial charge >= 0.3 is 0 Å². The van der Waals surface area contributed by atoms with Crippen LogP contribution in [0.5, 0.6) is 0 Å². The third-order valence-corrected chi connectivity index (χ3v) is 2.79. The van der Waals surface area contributed by atoms with Gasteiger partial charge in [-0.15, -0.1) is 0 Å². The summed E-state index contributed by atoms with van der Waals surface area (Å²) in [7, 11) is -3.20. The van der Waals surface area contributed by atoms with Gasteiger partial charge in [0.15, 0.2) is 0 Å². The molecule has 0 saturated carbocycles. The third-order valence-electron chi connectivity index (χ3n) is 1.82. The van der Waals surface area contributed by atoms with Crippen molar-refractivity contribution in [3.05, 3.63) is 36.2 Å². The molecule has 0 N–H and O–H groups in total. The van der Waals surface area contributed by atoms with Gasteiger partial charge < -0.3 is 0 Å². The van der Waals surface area contributed by atoms with Crippen LogP contribution in [0.2, 0.25) is 0 Å². The number of hydrogen-bond acceptors (Lipinski definition) is 2. The van der Waals surface area contributed by atoms with E-state index < -0.39 is 10.0 Å². The van der Waals surface area contributed by atoms with E-state index in [1.165, 1.54) is 10.2 Å². The van der Waals surface area contributed by atoms with Gasteiger partial charge in [-0.05, 0) is 12.5 Å². The van der Waals surface area contributed by atoms with Crippen molar-refractivity contribution in [3.8, 4) is 0 Å². The second-order valence-electron chi connectivity index (χ2n) is 2.97. The zero-order chi connectivity index (χ0) is 10.8. The molecule has 0 aromatic carbocycles. The van der Waals surface area contributed by atoms with Crippen LogP contribution in [0.25, 0.3) is 12.2 Å². The number of rotatable bonds is 3. The number of hydrogen-bond donors (Lipinski definition) is 0. The fraction of sp³-hybridized carbons (Fsp3) is 0.200. The Bertz CT molecular complexity index is 466. The Kier molecular flexibility index (Phi) is 2.96. The molecule has 0 spiro atoms. The summed E-state index contributed by atoms with van der Waals surface area (Å²) in [6.07, 6.45) is 9.63. The van der Waals surface area contributed by atoms with E-state index in [0.717, 1.165) is 11.1 Å². The minimum absolute atomic E-state index is 0.813. The maximum atomic E-state index is 11.2. The van der Waals surface area contributed by atoms with Crippen LogP contribution in [0.1, 0.15) is 18.1 Å².